The van der Waals surface area contributed by atoms with E-state index in [1.807, 2.05) is 0 Å². The zero-order valence-corrected chi connectivity index (χ0v) is 10.2. The van der Waals surface area contributed by atoms with Crippen LogP contribution in [0.1, 0.15) is 33.1 Å². The van der Waals surface area contributed by atoms with Crippen molar-refractivity contribution < 1.29 is 9.53 Å². The topological polar surface area (TPSA) is 26.3 Å². The van der Waals surface area contributed by atoms with E-state index in [-0.39, 0.29) is 11.4 Å². The largest absolute Gasteiger partial charge is 0.463 e. The Bertz CT molecular complexity index is 341. The van der Waals surface area contributed by atoms with Crippen molar-refractivity contribution in [3.63, 3.8) is 0 Å². The quantitative estimate of drug-likeness (QED) is 0.413. The molecule has 3 rings (SSSR count). The van der Waals surface area contributed by atoms with Crippen LogP contribution >= 0.6 is 0 Å². The molecular formula is C14H20O2. The zero-order valence-electron chi connectivity index (χ0n) is 10.2. The lowest BCUT2D eigenvalue weighted by molar-refractivity contribution is -0.143. The molecule has 3 aliphatic rings. The molecule has 2 nitrogen and oxygen atoms in total. The Morgan fingerprint density at radius 3 is 2.94 bits per heavy atom. The molecule has 88 valence electrons. The van der Waals surface area contributed by atoms with Crippen LogP contribution in [0, 0.1) is 16.7 Å². The van der Waals surface area contributed by atoms with E-state index in [1.165, 1.54) is 18.9 Å². The van der Waals surface area contributed by atoms with Crippen LogP contribution in [0.3, 0.4) is 0 Å². The van der Waals surface area contributed by atoms with Gasteiger partial charge in [0.15, 0.2) is 0 Å². The second-order valence-electron chi connectivity index (χ2n) is 5.54. The second kappa shape index (κ2) is 3.76. The Hall–Kier alpha value is -1.05. The number of allylic oxidation sites excluding steroid dienone is 2. The van der Waals surface area contributed by atoms with Crippen molar-refractivity contribution in [3.8, 4) is 0 Å². The monoisotopic (exact) mass is 220 g/mol. The summed E-state index contributed by atoms with van der Waals surface area (Å²) < 4.78 is 5.09. The van der Waals surface area contributed by atoms with Crippen molar-refractivity contribution in [2.45, 2.75) is 33.1 Å². The first-order valence-electron chi connectivity index (χ1n) is 5.99. The molecule has 0 spiro atoms. The summed E-state index contributed by atoms with van der Waals surface area (Å²) in [5.74, 6) is 0.498. The molecule has 2 unspecified atom stereocenters. The molecule has 0 aromatic rings. The van der Waals surface area contributed by atoms with E-state index in [2.05, 4.69) is 32.6 Å². The summed E-state index contributed by atoms with van der Waals surface area (Å²) >= 11 is 0. The van der Waals surface area contributed by atoms with Crippen LogP contribution in [0.2, 0.25) is 0 Å². The lowest BCUT2D eigenvalue weighted by Crippen LogP contribution is -2.56. The summed E-state index contributed by atoms with van der Waals surface area (Å²) in [6, 6.07) is 0. The van der Waals surface area contributed by atoms with Crippen LogP contribution in [0.15, 0.2) is 24.8 Å². The maximum absolute atomic E-state index is 11.0. The number of hydrogen-bond donors (Lipinski definition) is 0. The van der Waals surface area contributed by atoms with Gasteiger partial charge in [0.1, 0.15) is 0 Å². The summed E-state index contributed by atoms with van der Waals surface area (Å²) in [5, 5.41) is 0. The average molecular weight is 220 g/mol. The first kappa shape index (κ1) is 11.4. The van der Waals surface area contributed by atoms with Gasteiger partial charge in [-0.1, -0.05) is 32.6 Å². The minimum absolute atomic E-state index is 0.261. The number of ether oxygens (including phenoxy) is 1. The lowest BCUT2D eigenvalue weighted by atomic mass is 9.41. The van der Waals surface area contributed by atoms with Gasteiger partial charge in [0.05, 0.1) is 6.61 Å². The van der Waals surface area contributed by atoms with E-state index >= 15 is 0 Å². The molecule has 0 amide bonds. The third-order valence-corrected chi connectivity index (χ3v) is 4.73. The van der Waals surface area contributed by atoms with Gasteiger partial charge in [-0.05, 0) is 36.0 Å². The fourth-order valence-electron chi connectivity index (χ4n) is 3.25. The van der Waals surface area contributed by atoms with Gasteiger partial charge in [0.2, 0.25) is 0 Å². The Labute approximate surface area is 97.4 Å². The van der Waals surface area contributed by atoms with Crippen molar-refractivity contribution in [2.75, 3.05) is 6.61 Å². The van der Waals surface area contributed by atoms with Crippen molar-refractivity contribution >= 4 is 5.97 Å². The van der Waals surface area contributed by atoms with Gasteiger partial charge >= 0.3 is 5.97 Å². The van der Waals surface area contributed by atoms with Crippen molar-refractivity contribution in [1.82, 2.24) is 0 Å². The molecule has 0 N–H and O–H groups in total. The van der Waals surface area contributed by atoms with Crippen molar-refractivity contribution in [3.05, 3.63) is 24.8 Å². The lowest BCUT2D eigenvalue weighted by Gasteiger charge is -2.63. The molecular weight excluding hydrogens is 200 g/mol. The molecule has 3 aliphatic carbocycles. The number of hydrogen-bond acceptors (Lipinski definition) is 2. The number of carbonyl (C=O) groups excluding carboxylic acids is 1. The van der Waals surface area contributed by atoms with Crippen LogP contribution in [-0.4, -0.2) is 12.6 Å². The van der Waals surface area contributed by atoms with E-state index in [1.54, 1.807) is 0 Å². The van der Waals surface area contributed by atoms with E-state index < -0.39 is 0 Å². The number of carbonyl (C=O) groups is 1. The van der Waals surface area contributed by atoms with Gasteiger partial charge in [-0.25, -0.2) is 4.79 Å². The Balaban J connectivity index is 1.94. The van der Waals surface area contributed by atoms with Crippen LogP contribution in [-0.2, 0) is 9.53 Å². The van der Waals surface area contributed by atoms with Crippen molar-refractivity contribution in [1.29, 1.82) is 0 Å². The van der Waals surface area contributed by atoms with Gasteiger partial charge in [-0.3, -0.25) is 0 Å². The third-order valence-electron chi connectivity index (χ3n) is 4.73. The number of fused-ring (bicyclic) bond motifs is 1. The highest BCUT2D eigenvalue weighted by atomic mass is 16.5. The summed E-state index contributed by atoms with van der Waals surface area (Å²) in [5.41, 5.74) is 0.625. The van der Waals surface area contributed by atoms with Gasteiger partial charge in [0, 0.05) is 6.08 Å². The molecule has 0 aliphatic heterocycles. The molecule has 2 bridgehead atoms. The SMILES string of the molecule is C=CC(=O)OCCC12C=CCC(C1)C2(C)C. The maximum Gasteiger partial charge on any atom is 0.330 e. The maximum atomic E-state index is 11.0. The van der Waals surface area contributed by atoms with Gasteiger partial charge < -0.3 is 4.74 Å². The highest BCUT2D eigenvalue weighted by molar-refractivity contribution is 5.81. The van der Waals surface area contributed by atoms with E-state index in [0.29, 0.717) is 12.0 Å². The standard InChI is InChI=1S/C14H20O2/c1-4-12(15)16-9-8-14-7-5-6-11(10-14)13(14,2)3/h4-5,7,11H,1,6,8-10H2,2-3H3. The van der Waals surface area contributed by atoms with E-state index in [9.17, 15) is 4.79 Å². The van der Waals surface area contributed by atoms with E-state index in [4.69, 9.17) is 4.74 Å². The third kappa shape index (κ3) is 1.51. The average Bonchev–Trinajstić information content (AvgIpc) is 2.29. The molecule has 0 aromatic carbocycles. The van der Waals surface area contributed by atoms with Crippen LogP contribution < -0.4 is 0 Å². The minimum atomic E-state index is -0.315. The molecule has 0 saturated heterocycles. The minimum Gasteiger partial charge on any atom is -0.463 e. The summed E-state index contributed by atoms with van der Waals surface area (Å²) in [6.45, 7) is 8.57. The first-order valence-corrected chi connectivity index (χ1v) is 5.99. The molecule has 2 atom stereocenters. The number of esters is 1. The predicted molar refractivity (Wildman–Crippen MR) is 63.9 cm³/mol. The van der Waals surface area contributed by atoms with Crippen LogP contribution in [0.5, 0.6) is 0 Å². The Morgan fingerprint density at radius 2 is 2.38 bits per heavy atom. The van der Waals surface area contributed by atoms with Gasteiger partial charge in [-0.2, -0.15) is 0 Å². The van der Waals surface area contributed by atoms with E-state index in [0.717, 1.165) is 12.3 Å². The highest BCUT2D eigenvalue weighted by Gasteiger charge is 2.58. The van der Waals surface area contributed by atoms with Crippen LogP contribution in [0.4, 0.5) is 0 Å². The molecule has 0 radical (unpaired) electrons. The molecule has 2 heteroatoms. The fourth-order valence-corrected chi connectivity index (χ4v) is 3.25. The Kier molecular flexibility index (Phi) is 2.69. The van der Waals surface area contributed by atoms with Crippen molar-refractivity contribution in [2.24, 2.45) is 16.7 Å². The summed E-state index contributed by atoms with van der Waals surface area (Å²) in [6.07, 6.45) is 9.25. The predicted octanol–water partition coefficient (Wildman–Crippen LogP) is 3.10. The fraction of sp³-hybridized carbons (Fsp3) is 0.643. The first-order chi connectivity index (χ1) is 7.52. The summed E-state index contributed by atoms with van der Waals surface area (Å²) in [7, 11) is 0. The Morgan fingerprint density at radius 1 is 1.62 bits per heavy atom. The highest BCUT2D eigenvalue weighted by Crippen LogP contribution is 2.66. The molecule has 1 saturated carbocycles. The molecule has 0 heterocycles. The van der Waals surface area contributed by atoms with Gasteiger partial charge in [-0.15, -0.1) is 0 Å². The molecule has 0 aromatic heterocycles. The zero-order chi connectivity index (χ0) is 11.8. The van der Waals surface area contributed by atoms with Gasteiger partial charge in [0.25, 0.3) is 0 Å². The van der Waals surface area contributed by atoms with Crippen LogP contribution in [0.25, 0.3) is 0 Å². The molecule has 16 heavy (non-hydrogen) atoms. The normalized spacial score (nSPS) is 34.0. The second-order valence-corrected chi connectivity index (χ2v) is 5.54. The molecule has 1 fully saturated rings. The summed E-state index contributed by atoms with van der Waals surface area (Å²) in [4.78, 5) is 11.0. The smallest absolute Gasteiger partial charge is 0.330 e. The number of rotatable bonds is 4.